The second-order valence-corrected chi connectivity index (χ2v) is 4.88. The molecule has 0 aromatic heterocycles. The minimum Gasteiger partial charge on any atom is -0.350 e. The van der Waals surface area contributed by atoms with Gasteiger partial charge in [-0.25, -0.2) is 0 Å². The fraction of sp³-hybridized carbons (Fsp3) is 0.615. The molecule has 2 N–H and O–H groups in total. The highest BCUT2D eigenvalue weighted by molar-refractivity contribution is 8.02. The van der Waals surface area contributed by atoms with E-state index in [-0.39, 0.29) is 5.91 Å². The standard InChI is InChI=1S/C10H18N2OS.C3H6/c1-2-14-8-5-10(13)12-9-3-6-11-7-4-9;1-3-2/h5,8-9,11H,2-4,6-7H2,1H3,(H,12,13);3H,1H2,2H3/b8-5+;. The van der Waals surface area contributed by atoms with E-state index >= 15 is 0 Å². The maximum absolute atomic E-state index is 11.4. The molecule has 17 heavy (non-hydrogen) atoms. The Morgan fingerprint density at radius 3 is 2.65 bits per heavy atom. The van der Waals surface area contributed by atoms with E-state index in [0.29, 0.717) is 6.04 Å². The molecule has 1 aliphatic heterocycles. The second kappa shape index (κ2) is 11.7. The summed E-state index contributed by atoms with van der Waals surface area (Å²) in [5.74, 6) is 1.05. The van der Waals surface area contributed by atoms with Gasteiger partial charge in [0.25, 0.3) is 0 Å². The number of rotatable bonds is 4. The normalized spacial score (nSPS) is 16.1. The zero-order chi connectivity index (χ0) is 12.9. The highest BCUT2D eigenvalue weighted by Crippen LogP contribution is 2.03. The van der Waals surface area contributed by atoms with Gasteiger partial charge in [-0.3, -0.25) is 4.79 Å². The molecule has 1 aliphatic rings. The quantitative estimate of drug-likeness (QED) is 0.599. The zero-order valence-corrected chi connectivity index (χ0v) is 11.7. The van der Waals surface area contributed by atoms with E-state index < -0.39 is 0 Å². The molecular formula is C13H24N2OS. The van der Waals surface area contributed by atoms with Gasteiger partial charge in [0.15, 0.2) is 0 Å². The largest absolute Gasteiger partial charge is 0.350 e. The molecule has 0 radical (unpaired) electrons. The summed E-state index contributed by atoms with van der Waals surface area (Å²) in [6.07, 6.45) is 5.46. The van der Waals surface area contributed by atoms with E-state index in [4.69, 9.17) is 0 Å². The van der Waals surface area contributed by atoms with Crippen molar-refractivity contribution < 1.29 is 4.79 Å². The summed E-state index contributed by atoms with van der Waals surface area (Å²) < 4.78 is 0. The molecule has 0 unspecified atom stereocenters. The van der Waals surface area contributed by atoms with Crippen molar-refractivity contribution in [3.8, 4) is 0 Å². The Hall–Kier alpha value is -0.740. The Bertz CT molecular complexity index is 236. The number of hydrogen-bond donors (Lipinski definition) is 2. The summed E-state index contributed by atoms with van der Waals surface area (Å²) in [5, 5.41) is 8.12. The molecule has 4 heteroatoms. The van der Waals surface area contributed by atoms with Crippen LogP contribution in [0.4, 0.5) is 0 Å². The molecule has 1 fully saturated rings. The van der Waals surface area contributed by atoms with Gasteiger partial charge in [-0.1, -0.05) is 13.0 Å². The van der Waals surface area contributed by atoms with E-state index in [1.807, 2.05) is 12.3 Å². The maximum Gasteiger partial charge on any atom is 0.244 e. The predicted molar refractivity (Wildman–Crippen MR) is 77.2 cm³/mol. The molecule has 1 rings (SSSR count). The number of nitrogens with one attached hydrogen (secondary N) is 2. The lowest BCUT2D eigenvalue weighted by Crippen LogP contribution is -2.42. The van der Waals surface area contributed by atoms with Crippen LogP contribution in [0.15, 0.2) is 24.1 Å². The molecule has 98 valence electrons. The molecule has 0 aromatic rings. The van der Waals surface area contributed by atoms with Gasteiger partial charge in [0.2, 0.25) is 5.91 Å². The third kappa shape index (κ3) is 10.1. The summed E-state index contributed by atoms with van der Waals surface area (Å²) in [7, 11) is 0. The van der Waals surface area contributed by atoms with E-state index in [1.54, 1.807) is 23.9 Å². The van der Waals surface area contributed by atoms with Crippen molar-refractivity contribution in [3.05, 3.63) is 24.1 Å². The molecule has 1 heterocycles. The van der Waals surface area contributed by atoms with Crippen molar-refractivity contribution in [2.24, 2.45) is 0 Å². The number of thioether (sulfide) groups is 1. The van der Waals surface area contributed by atoms with Crippen molar-refractivity contribution in [2.45, 2.75) is 32.7 Å². The molecule has 1 saturated heterocycles. The van der Waals surface area contributed by atoms with Crippen LogP contribution in [0.2, 0.25) is 0 Å². The number of carbonyl (C=O) groups is 1. The summed E-state index contributed by atoms with van der Waals surface area (Å²) in [6, 6.07) is 0.361. The van der Waals surface area contributed by atoms with Gasteiger partial charge in [-0.2, -0.15) is 0 Å². The lowest BCUT2D eigenvalue weighted by molar-refractivity contribution is -0.117. The van der Waals surface area contributed by atoms with Gasteiger partial charge in [-0.05, 0) is 44.0 Å². The van der Waals surface area contributed by atoms with E-state index in [1.165, 1.54) is 0 Å². The topological polar surface area (TPSA) is 41.1 Å². The predicted octanol–water partition coefficient (Wildman–Crippen LogP) is 2.31. The fourth-order valence-corrected chi connectivity index (χ4v) is 1.83. The van der Waals surface area contributed by atoms with Crippen molar-refractivity contribution in [2.75, 3.05) is 18.8 Å². The Morgan fingerprint density at radius 1 is 1.53 bits per heavy atom. The van der Waals surface area contributed by atoms with Crippen molar-refractivity contribution >= 4 is 17.7 Å². The van der Waals surface area contributed by atoms with Gasteiger partial charge < -0.3 is 10.6 Å². The van der Waals surface area contributed by atoms with Crippen LogP contribution in [0.1, 0.15) is 26.7 Å². The molecule has 0 aliphatic carbocycles. The van der Waals surface area contributed by atoms with Gasteiger partial charge in [0, 0.05) is 12.1 Å². The van der Waals surface area contributed by atoms with Crippen LogP contribution in [0.25, 0.3) is 0 Å². The summed E-state index contributed by atoms with van der Waals surface area (Å²) in [5.41, 5.74) is 0. The molecule has 1 amide bonds. The van der Waals surface area contributed by atoms with Gasteiger partial charge >= 0.3 is 0 Å². The van der Waals surface area contributed by atoms with E-state index in [9.17, 15) is 4.79 Å². The summed E-state index contributed by atoms with van der Waals surface area (Å²) in [4.78, 5) is 11.4. The van der Waals surface area contributed by atoms with Crippen LogP contribution in [0.5, 0.6) is 0 Å². The molecular weight excluding hydrogens is 232 g/mol. The third-order valence-electron chi connectivity index (χ3n) is 2.17. The van der Waals surface area contributed by atoms with Gasteiger partial charge in [0.1, 0.15) is 0 Å². The summed E-state index contributed by atoms with van der Waals surface area (Å²) in [6.45, 7) is 9.34. The number of allylic oxidation sites excluding steroid dienone is 1. The minimum atomic E-state index is 0.0397. The molecule has 3 nitrogen and oxygen atoms in total. The average molecular weight is 256 g/mol. The number of piperidine rings is 1. The van der Waals surface area contributed by atoms with Crippen molar-refractivity contribution in [1.29, 1.82) is 0 Å². The third-order valence-corrected chi connectivity index (χ3v) is 2.83. The first-order valence-electron chi connectivity index (χ1n) is 6.11. The Kier molecular flexibility index (Phi) is 11.2. The van der Waals surface area contributed by atoms with Crippen LogP contribution in [0, 0.1) is 0 Å². The number of carbonyl (C=O) groups excluding carboxylic acids is 1. The molecule has 0 atom stereocenters. The van der Waals surface area contributed by atoms with Crippen LogP contribution in [-0.2, 0) is 4.79 Å². The minimum absolute atomic E-state index is 0.0397. The molecule has 0 spiro atoms. The van der Waals surface area contributed by atoms with Crippen molar-refractivity contribution in [1.82, 2.24) is 10.6 Å². The fourth-order valence-electron chi connectivity index (χ4n) is 1.42. The van der Waals surface area contributed by atoms with E-state index in [0.717, 1.165) is 31.7 Å². The monoisotopic (exact) mass is 256 g/mol. The lowest BCUT2D eigenvalue weighted by atomic mass is 10.1. The first kappa shape index (κ1) is 16.3. The van der Waals surface area contributed by atoms with Crippen LogP contribution < -0.4 is 10.6 Å². The number of hydrogen-bond acceptors (Lipinski definition) is 3. The molecule has 0 aromatic carbocycles. The lowest BCUT2D eigenvalue weighted by Gasteiger charge is -2.22. The van der Waals surface area contributed by atoms with Crippen molar-refractivity contribution in [3.63, 3.8) is 0 Å². The Balaban J connectivity index is 0.000000770. The Morgan fingerprint density at radius 2 is 2.12 bits per heavy atom. The van der Waals surface area contributed by atoms with E-state index in [2.05, 4.69) is 24.1 Å². The molecule has 0 saturated carbocycles. The van der Waals surface area contributed by atoms with Crippen LogP contribution in [0.3, 0.4) is 0 Å². The first-order valence-corrected chi connectivity index (χ1v) is 7.15. The SMILES string of the molecule is C=CC.CCS/C=C/C(=O)NC1CCNCC1. The summed E-state index contributed by atoms with van der Waals surface area (Å²) >= 11 is 1.64. The highest BCUT2D eigenvalue weighted by atomic mass is 32.2. The van der Waals surface area contributed by atoms with Gasteiger partial charge in [-0.15, -0.1) is 18.3 Å². The highest BCUT2D eigenvalue weighted by Gasteiger charge is 2.13. The van der Waals surface area contributed by atoms with Crippen LogP contribution in [-0.4, -0.2) is 30.8 Å². The molecule has 0 bridgehead atoms. The smallest absolute Gasteiger partial charge is 0.244 e. The van der Waals surface area contributed by atoms with Crippen LogP contribution >= 0.6 is 11.8 Å². The zero-order valence-electron chi connectivity index (χ0n) is 10.9. The Labute approximate surface area is 109 Å². The second-order valence-electron chi connectivity index (χ2n) is 3.70. The number of amides is 1. The maximum atomic E-state index is 11.4. The first-order chi connectivity index (χ1) is 8.24. The van der Waals surface area contributed by atoms with Gasteiger partial charge in [0.05, 0.1) is 0 Å². The average Bonchev–Trinajstić information content (AvgIpc) is 2.31.